The van der Waals surface area contributed by atoms with Crippen molar-refractivity contribution >= 4 is 34.5 Å². The Morgan fingerprint density at radius 1 is 1.06 bits per heavy atom. The molecule has 2 aromatic heterocycles. The summed E-state index contributed by atoms with van der Waals surface area (Å²) in [5, 5.41) is 3.29. The van der Waals surface area contributed by atoms with E-state index in [2.05, 4.69) is 20.3 Å². The van der Waals surface area contributed by atoms with Crippen LogP contribution in [-0.4, -0.2) is 37.8 Å². The van der Waals surface area contributed by atoms with Crippen molar-refractivity contribution in [3.05, 3.63) is 82.9 Å². The number of nitrogens with one attached hydrogen (secondary N) is 1. The van der Waals surface area contributed by atoms with Crippen molar-refractivity contribution in [1.82, 2.24) is 19.5 Å². The van der Waals surface area contributed by atoms with E-state index < -0.39 is 0 Å². The van der Waals surface area contributed by atoms with E-state index in [4.69, 9.17) is 4.74 Å². The molecule has 0 bridgehead atoms. The van der Waals surface area contributed by atoms with Gasteiger partial charge in [-0.3, -0.25) is 14.2 Å². The molecule has 8 nitrogen and oxygen atoms in total. The summed E-state index contributed by atoms with van der Waals surface area (Å²) < 4.78 is 7.13. The molecule has 4 aromatic rings. The van der Waals surface area contributed by atoms with Crippen LogP contribution in [0, 0.1) is 0 Å². The summed E-state index contributed by atoms with van der Waals surface area (Å²) in [7, 11) is 0. The number of anilines is 1. The molecule has 0 saturated carbocycles. The van der Waals surface area contributed by atoms with E-state index in [9.17, 15) is 9.59 Å². The van der Waals surface area contributed by atoms with Crippen LogP contribution in [-0.2, 0) is 17.8 Å². The molecule has 9 heteroatoms. The number of carbonyl (C=O) groups excluding carboxylic acids is 1. The summed E-state index contributed by atoms with van der Waals surface area (Å²) in [5.74, 6) is 0.455. The minimum Gasteiger partial charge on any atom is -0.492 e. The Bertz CT molecular complexity index is 1310. The highest BCUT2D eigenvalue weighted by atomic mass is 32.2. The van der Waals surface area contributed by atoms with Crippen LogP contribution < -0.4 is 15.6 Å². The van der Waals surface area contributed by atoms with Gasteiger partial charge in [0.05, 0.1) is 18.0 Å². The van der Waals surface area contributed by atoms with E-state index in [1.54, 1.807) is 16.7 Å². The molecule has 4 rings (SSSR count). The van der Waals surface area contributed by atoms with Gasteiger partial charge in [-0.2, -0.15) is 0 Å². The lowest BCUT2D eigenvalue weighted by Gasteiger charge is -2.13. The number of nitrogens with zero attached hydrogens (tertiary/aromatic N) is 4. The number of carbonyl (C=O) groups is 1. The molecular weight excluding hydrogens is 438 g/mol. The number of benzene rings is 2. The highest BCUT2D eigenvalue weighted by molar-refractivity contribution is 7.99. The molecule has 0 saturated heterocycles. The van der Waals surface area contributed by atoms with Gasteiger partial charge in [-0.05, 0) is 31.0 Å². The van der Waals surface area contributed by atoms with Crippen molar-refractivity contribution in [2.45, 2.75) is 25.0 Å². The lowest BCUT2D eigenvalue weighted by atomic mass is 10.1. The van der Waals surface area contributed by atoms with Crippen molar-refractivity contribution in [3.63, 3.8) is 0 Å². The summed E-state index contributed by atoms with van der Waals surface area (Å²) in [6.45, 7) is 2.80. The smallest absolute Gasteiger partial charge is 0.282 e. The highest BCUT2D eigenvalue weighted by Gasteiger charge is 2.15. The first-order valence-electron chi connectivity index (χ1n) is 10.6. The topological polar surface area (TPSA) is 99.0 Å². The molecule has 1 N–H and O–H groups in total. The fourth-order valence-corrected chi connectivity index (χ4v) is 4.10. The Hall–Kier alpha value is -3.72. The number of aryl methyl sites for hydroxylation is 1. The normalized spacial score (nSPS) is 10.8. The molecule has 1 amide bonds. The predicted molar refractivity (Wildman–Crippen MR) is 129 cm³/mol. The van der Waals surface area contributed by atoms with E-state index in [-0.39, 0.29) is 28.4 Å². The molecule has 0 aliphatic heterocycles. The van der Waals surface area contributed by atoms with Gasteiger partial charge in [0, 0.05) is 18.9 Å². The van der Waals surface area contributed by atoms with Gasteiger partial charge >= 0.3 is 0 Å². The Balaban J connectivity index is 1.55. The number of aromatic nitrogens is 4. The molecule has 2 heterocycles. The number of ether oxygens (including phenoxy) is 1. The van der Waals surface area contributed by atoms with Crippen molar-refractivity contribution in [1.29, 1.82) is 0 Å². The fraction of sp³-hybridized carbons (Fsp3) is 0.208. The van der Waals surface area contributed by atoms with Crippen LogP contribution in [0.25, 0.3) is 11.2 Å². The number of thioether (sulfide) groups is 1. The second kappa shape index (κ2) is 10.7. The summed E-state index contributed by atoms with van der Waals surface area (Å²) in [6.07, 6.45) is 3.62. The van der Waals surface area contributed by atoms with Gasteiger partial charge in [-0.15, -0.1) is 0 Å². The van der Waals surface area contributed by atoms with Crippen molar-refractivity contribution in [2.75, 3.05) is 17.7 Å². The zero-order valence-corrected chi connectivity index (χ0v) is 18.9. The molecule has 0 fully saturated rings. The second-order valence-corrected chi connectivity index (χ2v) is 8.02. The van der Waals surface area contributed by atoms with Crippen LogP contribution in [0.3, 0.4) is 0 Å². The summed E-state index contributed by atoms with van der Waals surface area (Å²) in [5.41, 5.74) is 1.91. The molecule has 0 spiro atoms. The Morgan fingerprint density at radius 2 is 1.82 bits per heavy atom. The molecule has 0 radical (unpaired) electrons. The van der Waals surface area contributed by atoms with E-state index in [0.29, 0.717) is 36.2 Å². The Labute approximate surface area is 195 Å². The molecule has 2 aromatic carbocycles. The Kier molecular flexibility index (Phi) is 7.31. The van der Waals surface area contributed by atoms with Crippen LogP contribution in [0.2, 0.25) is 0 Å². The first-order valence-corrected chi connectivity index (χ1v) is 11.5. The average Bonchev–Trinajstić information content (AvgIpc) is 2.84. The third kappa shape index (κ3) is 5.56. The number of rotatable bonds is 9. The first-order chi connectivity index (χ1) is 16.2. The van der Waals surface area contributed by atoms with Gasteiger partial charge in [0.2, 0.25) is 5.91 Å². The number of hydrogen-bond donors (Lipinski definition) is 1. The molecular formula is C24H23N5O3S. The lowest BCUT2D eigenvalue weighted by Crippen LogP contribution is -2.26. The van der Waals surface area contributed by atoms with Gasteiger partial charge in [-0.25, -0.2) is 15.0 Å². The largest absolute Gasteiger partial charge is 0.492 e. The average molecular weight is 462 g/mol. The van der Waals surface area contributed by atoms with Crippen LogP contribution in [0.1, 0.15) is 12.5 Å². The van der Waals surface area contributed by atoms with E-state index in [1.807, 2.05) is 49.4 Å². The maximum Gasteiger partial charge on any atom is 0.282 e. The van der Waals surface area contributed by atoms with Crippen molar-refractivity contribution in [2.24, 2.45) is 0 Å². The third-order valence-electron chi connectivity index (χ3n) is 4.82. The van der Waals surface area contributed by atoms with Gasteiger partial charge in [0.15, 0.2) is 16.3 Å². The van der Waals surface area contributed by atoms with Gasteiger partial charge in [0.25, 0.3) is 5.56 Å². The summed E-state index contributed by atoms with van der Waals surface area (Å²) >= 11 is 1.19. The summed E-state index contributed by atoms with van der Waals surface area (Å²) in [4.78, 5) is 38.6. The molecule has 0 unspecified atom stereocenters. The molecule has 33 heavy (non-hydrogen) atoms. The predicted octanol–water partition coefficient (Wildman–Crippen LogP) is 3.56. The third-order valence-corrected chi connectivity index (χ3v) is 5.80. The lowest BCUT2D eigenvalue weighted by molar-refractivity contribution is -0.113. The molecule has 0 aliphatic rings. The minimum atomic E-state index is -0.270. The van der Waals surface area contributed by atoms with Gasteiger partial charge in [0.1, 0.15) is 5.75 Å². The first kappa shape index (κ1) is 22.5. The highest BCUT2D eigenvalue weighted by Crippen LogP contribution is 2.24. The quantitative estimate of drug-likeness (QED) is 0.301. The van der Waals surface area contributed by atoms with E-state index >= 15 is 0 Å². The number of fused-ring (bicyclic) bond motifs is 1. The minimum absolute atomic E-state index is 0.0734. The van der Waals surface area contributed by atoms with Gasteiger partial charge in [-0.1, -0.05) is 54.2 Å². The second-order valence-electron chi connectivity index (χ2n) is 7.08. The fourth-order valence-electron chi connectivity index (χ4n) is 3.29. The van der Waals surface area contributed by atoms with Crippen LogP contribution in [0.5, 0.6) is 5.75 Å². The maximum atomic E-state index is 13.1. The number of para-hydroxylation sites is 2. The molecule has 168 valence electrons. The Morgan fingerprint density at radius 3 is 2.64 bits per heavy atom. The zero-order valence-electron chi connectivity index (χ0n) is 18.1. The van der Waals surface area contributed by atoms with Crippen molar-refractivity contribution in [3.8, 4) is 5.75 Å². The van der Waals surface area contributed by atoms with E-state index in [0.717, 1.165) is 5.56 Å². The van der Waals surface area contributed by atoms with Crippen LogP contribution in [0.15, 0.2) is 76.9 Å². The number of amides is 1. The standard InChI is InChI=1S/C24H23N5O3S/c1-2-32-19-11-7-6-10-18(19)27-20(30)16-33-24-28-22-21(25-13-14-26-22)23(31)29(24)15-12-17-8-4-3-5-9-17/h3-11,13-14H,2,12,15-16H2,1H3,(H,27,30). The molecule has 0 aliphatic carbocycles. The van der Waals surface area contributed by atoms with Crippen LogP contribution in [0.4, 0.5) is 5.69 Å². The SMILES string of the molecule is CCOc1ccccc1NC(=O)CSc1nc2nccnc2c(=O)n1CCc1ccccc1. The maximum absolute atomic E-state index is 13.1. The zero-order chi connectivity index (χ0) is 23.0. The van der Waals surface area contributed by atoms with E-state index in [1.165, 1.54) is 24.2 Å². The molecule has 0 atom stereocenters. The monoisotopic (exact) mass is 461 g/mol. The summed E-state index contributed by atoms with van der Waals surface area (Å²) in [6, 6.07) is 17.2. The van der Waals surface area contributed by atoms with Gasteiger partial charge < -0.3 is 10.1 Å². The number of hydrogen-bond acceptors (Lipinski definition) is 7. The van der Waals surface area contributed by atoms with Crippen molar-refractivity contribution < 1.29 is 9.53 Å². The van der Waals surface area contributed by atoms with Crippen LogP contribution >= 0.6 is 11.8 Å².